The molecule has 1 amide bonds. The van der Waals surface area contributed by atoms with Crippen LogP contribution >= 0.6 is 0 Å². The Labute approximate surface area is 147 Å². The molecule has 1 aliphatic heterocycles. The van der Waals surface area contributed by atoms with Crippen LogP contribution in [-0.2, 0) is 17.9 Å². The van der Waals surface area contributed by atoms with Crippen molar-refractivity contribution in [2.45, 2.75) is 51.4 Å². The lowest BCUT2D eigenvalue weighted by Gasteiger charge is -2.24. The van der Waals surface area contributed by atoms with E-state index in [1.807, 2.05) is 30.3 Å². The third kappa shape index (κ3) is 3.58. The molecule has 4 rings (SSSR count). The highest BCUT2D eigenvalue weighted by Crippen LogP contribution is 2.27. The van der Waals surface area contributed by atoms with Gasteiger partial charge in [0, 0.05) is 6.54 Å². The fourth-order valence-corrected chi connectivity index (χ4v) is 3.77. The Hall–Kier alpha value is -2.21. The van der Waals surface area contributed by atoms with Crippen molar-refractivity contribution in [2.24, 2.45) is 5.92 Å². The van der Waals surface area contributed by atoms with Crippen molar-refractivity contribution < 1.29 is 9.53 Å². The number of carbonyl (C=O) groups is 1. The Morgan fingerprint density at radius 1 is 1.20 bits per heavy atom. The molecular weight excluding hydrogens is 316 g/mol. The highest BCUT2D eigenvalue weighted by molar-refractivity contribution is 5.93. The number of fused-ring (bicyclic) bond motifs is 1. The summed E-state index contributed by atoms with van der Waals surface area (Å²) in [6.07, 6.45) is 6.24. The van der Waals surface area contributed by atoms with E-state index in [2.05, 4.69) is 15.6 Å². The molecule has 0 spiro atoms. The lowest BCUT2D eigenvalue weighted by molar-refractivity contribution is -0.00177. The summed E-state index contributed by atoms with van der Waals surface area (Å²) >= 11 is 0. The number of aromatic nitrogens is 3. The van der Waals surface area contributed by atoms with E-state index in [9.17, 15) is 4.79 Å². The number of benzene rings is 1. The summed E-state index contributed by atoms with van der Waals surface area (Å²) in [7, 11) is 0. The van der Waals surface area contributed by atoms with Gasteiger partial charge in [-0.15, -0.1) is 5.10 Å². The first-order valence-corrected chi connectivity index (χ1v) is 9.18. The molecule has 2 heterocycles. The minimum atomic E-state index is -0.131. The Kier molecular flexibility index (Phi) is 4.78. The third-order valence-corrected chi connectivity index (χ3v) is 5.26. The van der Waals surface area contributed by atoms with Crippen molar-refractivity contribution in [3.63, 3.8) is 0 Å². The van der Waals surface area contributed by atoms with E-state index in [0.29, 0.717) is 24.8 Å². The van der Waals surface area contributed by atoms with E-state index in [0.717, 1.165) is 17.8 Å². The Bertz CT molecular complexity index is 722. The standard InChI is InChI=1S/C19H24N4O2/c24-19(20-11-14-7-3-1-4-8-14)18-16-13-25-17(12-23(16)22-21-18)15-9-5-2-6-10-15/h2,5-6,9-10,14,17H,1,3-4,7-8,11-13H2,(H,20,24). The third-order valence-electron chi connectivity index (χ3n) is 5.26. The predicted molar refractivity (Wildman–Crippen MR) is 92.9 cm³/mol. The molecule has 0 saturated heterocycles. The smallest absolute Gasteiger partial charge is 0.273 e. The molecule has 132 valence electrons. The molecule has 0 bridgehead atoms. The van der Waals surface area contributed by atoms with Crippen LogP contribution in [0, 0.1) is 5.92 Å². The second-order valence-electron chi connectivity index (χ2n) is 6.99. The zero-order valence-electron chi connectivity index (χ0n) is 14.4. The first-order valence-electron chi connectivity index (χ1n) is 9.18. The SMILES string of the molecule is O=C(NCC1CCCCC1)c1nnn2c1COC(c1ccccc1)C2. The number of nitrogens with zero attached hydrogens (tertiary/aromatic N) is 3. The van der Waals surface area contributed by atoms with Crippen molar-refractivity contribution >= 4 is 5.91 Å². The molecule has 1 N–H and O–H groups in total. The summed E-state index contributed by atoms with van der Waals surface area (Å²) in [6.45, 7) is 1.68. The van der Waals surface area contributed by atoms with Gasteiger partial charge in [-0.25, -0.2) is 4.68 Å². The van der Waals surface area contributed by atoms with Gasteiger partial charge in [-0.3, -0.25) is 4.79 Å². The van der Waals surface area contributed by atoms with Gasteiger partial charge in [0.15, 0.2) is 5.69 Å². The molecule has 1 atom stereocenters. The van der Waals surface area contributed by atoms with E-state index in [-0.39, 0.29) is 12.0 Å². The van der Waals surface area contributed by atoms with Crippen LogP contribution in [0.15, 0.2) is 30.3 Å². The molecule has 2 aromatic rings. The predicted octanol–water partition coefficient (Wildman–Crippen LogP) is 2.86. The molecule has 25 heavy (non-hydrogen) atoms. The highest BCUT2D eigenvalue weighted by atomic mass is 16.5. The molecule has 1 aromatic carbocycles. The second-order valence-corrected chi connectivity index (χ2v) is 6.99. The number of hydrogen-bond donors (Lipinski definition) is 1. The first-order chi connectivity index (χ1) is 12.3. The molecule has 6 heteroatoms. The average molecular weight is 340 g/mol. The lowest BCUT2D eigenvalue weighted by atomic mass is 9.89. The van der Waals surface area contributed by atoms with Gasteiger partial charge >= 0.3 is 0 Å². The summed E-state index contributed by atoms with van der Waals surface area (Å²) in [4.78, 5) is 12.5. The van der Waals surface area contributed by atoms with Gasteiger partial charge in [-0.05, 0) is 24.3 Å². The van der Waals surface area contributed by atoms with Crippen LogP contribution in [0.25, 0.3) is 0 Å². The molecular formula is C19H24N4O2. The first kappa shape index (κ1) is 16.3. The minimum Gasteiger partial charge on any atom is -0.365 e. The van der Waals surface area contributed by atoms with Gasteiger partial charge in [0.25, 0.3) is 5.91 Å². The molecule has 1 aliphatic carbocycles. The maximum absolute atomic E-state index is 12.5. The normalized spacial score (nSPS) is 20.9. The number of nitrogens with one attached hydrogen (secondary N) is 1. The highest BCUT2D eigenvalue weighted by Gasteiger charge is 2.27. The maximum atomic E-state index is 12.5. The van der Waals surface area contributed by atoms with E-state index < -0.39 is 0 Å². The Morgan fingerprint density at radius 2 is 2.00 bits per heavy atom. The quantitative estimate of drug-likeness (QED) is 0.929. The molecule has 2 aliphatic rings. The lowest BCUT2D eigenvalue weighted by Crippen LogP contribution is -2.32. The molecule has 1 aromatic heterocycles. The maximum Gasteiger partial charge on any atom is 0.273 e. The monoisotopic (exact) mass is 340 g/mol. The van der Waals surface area contributed by atoms with Gasteiger partial charge in [0.05, 0.1) is 18.8 Å². The molecule has 1 saturated carbocycles. The van der Waals surface area contributed by atoms with Crippen LogP contribution in [0.3, 0.4) is 0 Å². The van der Waals surface area contributed by atoms with Gasteiger partial charge in [-0.1, -0.05) is 54.8 Å². The van der Waals surface area contributed by atoms with Crippen molar-refractivity contribution in [3.8, 4) is 0 Å². The fourth-order valence-electron chi connectivity index (χ4n) is 3.77. The van der Waals surface area contributed by atoms with Crippen LogP contribution in [-0.4, -0.2) is 27.4 Å². The number of carbonyl (C=O) groups excluding carboxylic acids is 1. The largest absolute Gasteiger partial charge is 0.365 e. The van der Waals surface area contributed by atoms with E-state index in [4.69, 9.17) is 4.74 Å². The average Bonchev–Trinajstić information content (AvgIpc) is 3.11. The van der Waals surface area contributed by atoms with Gasteiger partial charge in [0.2, 0.25) is 0 Å². The number of rotatable bonds is 4. The zero-order chi connectivity index (χ0) is 17.1. The van der Waals surface area contributed by atoms with Gasteiger partial charge in [0.1, 0.15) is 6.10 Å². The number of ether oxygens (including phenoxy) is 1. The van der Waals surface area contributed by atoms with Crippen LogP contribution in [0.5, 0.6) is 0 Å². The summed E-state index contributed by atoms with van der Waals surface area (Å²) in [5, 5.41) is 11.3. The van der Waals surface area contributed by atoms with Crippen molar-refractivity contribution in [1.82, 2.24) is 20.3 Å². The topological polar surface area (TPSA) is 69.0 Å². The van der Waals surface area contributed by atoms with Gasteiger partial charge < -0.3 is 10.1 Å². The summed E-state index contributed by atoms with van der Waals surface area (Å²) < 4.78 is 7.76. The number of hydrogen-bond acceptors (Lipinski definition) is 4. The molecule has 1 fully saturated rings. The summed E-state index contributed by atoms with van der Waals surface area (Å²) in [5.41, 5.74) is 2.29. The van der Waals surface area contributed by atoms with Crippen LogP contribution in [0.2, 0.25) is 0 Å². The van der Waals surface area contributed by atoms with E-state index >= 15 is 0 Å². The summed E-state index contributed by atoms with van der Waals surface area (Å²) in [5.74, 6) is 0.469. The van der Waals surface area contributed by atoms with E-state index in [1.165, 1.54) is 32.1 Å². The molecule has 6 nitrogen and oxygen atoms in total. The van der Waals surface area contributed by atoms with Crippen LogP contribution in [0.1, 0.15) is 60.0 Å². The fraction of sp³-hybridized carbons (Fsp3) is 0.526. The van der Waals surface area contributed by atoms with Crippen molar-refractivity contribution in [1.29, 1.82) is 0 Å². The zero-order valence-corrected chi connectivity index (χ0v) is 14.4. The molecule has 0 radical (unpaired) electrons. The van der Waals surface area contributed by atoms with Crippen LogP contribution in [0.4, 0.5) is 0 Å². The van der Waals surface area contributed by atoms with Crippen molar-refractivity contribution in [2.75, 3.05) is 6.54 Å². The van der Waals surface area contributed by atoms with Crippen LogP contribution < -0.4 is 5.32 Å². The summed E-state index contributed by atoms with van der Waals surface area (Å²) in [6, 6.07) is 10.1. The Balaban J connectivity index is 1.40. The van der Waals surface area contributed by atoms with E-state index in [1.54, 1.807) is 4.68 Å². The molecule has 1 unspecified atom stereocenters. The van der Waals surface area contributed by atoms with Crippen molar-refractivity contribution in [3.05, 3.63) is 47.3 Å². The Morgan fingerprint density at radius 3 is 2.80 bits per heavy atom. The van der Waals surface area contributed by atoms with Gasteiger partial charge in [-0.2, -0.15) is 0 Å². The second kappa shape index (κ2) is 7.35. The number of amides is 1. The minimum absolute atomic E-state index is 0.0476.